The molecule has 0 bridgehead atoms. The fraction of sp³-hybridized carbons (Fsp3) is 0.185. The molecule has 5 heteroatoms. The average molecular weight is 421 g/mol. The number of nitrogens with zero attached hydrogens (tertiary/aromatic N) is 4. The quantitative estimate of drug-likeness (QED) is 0.426. The van der Waals surface area contributed by atoms with Crippen molar-refractivity contribution < 1.29 is 4.79 Å². The number of hydrazone groups is 1. The Labute approximate surface area is 187 Å². The van der Waals surface area contributed by atoms with Crippen molar-refractivity contribution in [3.8, 4) is 0 Å². The molecule has 1 saturated heterocycles. The van der Waals surface area contributed by atoms with Gasteiger partial charge in [-0.2, -0.15) is 5.10 Å². The summed E-state index contributed by atoms with van der Waals surface area (Å²) in [7, 11) is 0. The molecule has 3 heterocycles. The molecule has 2 aromatic carbocycles. The molecule has 0 spiro atoms. The van der Waals surface area contributed by atoms with Crippen molar-refractivity contribution in [3.05, 3.63) is 108 Å². The first kappa shape index (κ1) is 20.1. The first-order chi connectivity index (χ1) is 15.8. The summed E-state index contributed by atoms with van der Waals surface area (Å²) in [6.45, 7) is 0.626. The van der Waals surface area contributed by atoms with E-state index in [0.717, 1.165) is 34.3 Å². The first-order valence-electron chi connectivity index (χ1n) is 10.9. The molecule has 4 aromatic rings. The zero-order valence-corrected chi connectivity index (χ0v) is 17.8. The third kappa shape index (κ3) is 4.42. The van der Waals surface area contributed by atoms with Gasteiger partial charge >= 0.3 is 0 Å². The van der Waals surface area contributed by atoms with Crippen LogP contribution in [0.2, 0.25) is 0 Å². The van der Waals surface area contributed by atoms with Crippen LogP contribution in [0.15, 0.2) is 96.4 Å². The van der Waals surface area contributed by atoms with Gasteiger partial charge in [-0.05, 0) is 47.7 Å². The number of fused-ring (bicyclic) bond motifs is 1. The Morgan fingerprint density at radius 3 is 2.56 bits per heavy atom. The predicted octanol–water partition coefficient (Wildman–Crippen LogP) is 4.67. The third-order valence-electron chi connectivity index (χ3n) is 5.85. The van der Waals surface area contributed by atoms with Gasteiger partial charge in [0.25, 0.3) is 0 Å². The van der Waals surface area contributed by atoms with E-state index in [1.165, 1.54) is 5.56 Å². The number of carbonyl (C=O) groups is 1. The summed E-state index contributed by atoms with van der Waals surface area (Å²) in [6, 6.07) is 26.2. The van der Waals surface area contributed by atoms with E-state index in [2.05, 4.69) is 28.2 Å². The van der Waals surface area contributed by atoms with Gasteiger partial charge in [0, 0.05) is 37.2 Å². The maximum absolute atomic E-state index is 12.8. The molecule has 1 unspecified atom stereocenters. The molecule has 5 nitrogen and oxygen atoms in total. The Morgan fingerprint density at radius 1 is 0.906 bits per heavy atom. The molecular weight excluding hydrogens is 396 g/mol. The summed E-state index contributed by atoms with van der Waals surface area (Å²) in [5, 5.41) is 7.57. The zero-order chi connectivity index (χ0) is 21.8. The molecule has 0 N–H and O–H groups in total. The van der Waals surface area contributed by atoms with Crippen molar-refractivity contribution in [2.45, 2.75) is 19.3 Å². The lowest BCUT2D eigenvalue weighted by molar-refractivity contribution is -0.127. The van der Waals surface area contributed by atoms with E-state index in [4.69, 9.17) is 5.10 Å². The maximum Gasteiger partial charge on any atom is 0.243 e. The molecule has 32 heavy (non-hydrogen) atoms. The number of hydrogen-bond donors (Lipinski definition) is 0. The van der Waals surface area contributed by atoms with Gasteiger partial charge < -0.3 is 0 Å². The Kier molecular flexibility index (Phi) is 5.71. The lowest BCUT2D eigenvalue weighted by atomic mass is 9.99. The van der Waals surface area contributed by atoms with Crippen LogP contribution in [0, 0.1) is 5.92 Å². The third-order valence-corrected chi connectivity index (χ3v) is 5.85. The molecule has 1 amide bonds. The summed E-state index contributed by atoms with van der Waals surface area (Å²) in [4.78, 5) is 21.8. The van der Waals surface area contributed by atoms with Crippen LogP contribution in [0.3, 0.4) is 0 Å². The number of carbonyl (C=O) groups excluding carboxylic acids is 1. The Morgan fingerprint density at radius 2 is 1.72 bits per heavy atom. The number of benzene rings is 2. The van der Waals surface area contributed by atoms with Gasteiger partial charge in [-0.3, -0.25) is 14.8 Å². The van der Waals surface area contributed by atoms with Gasteiger partial charge in [0.05, 0.1) is 16.9 Å². The van der Waals surface area contributed by atoms with Gasteiger partial charge in [-0.15, -0.1) is 0 Å². The summed E-state index contributed by atoms with van der Waals surface area (Å²) in [6.07, 6.45) is 5.57. The molecule has 5 rings (SSSR count). The SMILES string of the molecule is O=C1CC(Cc2ccccc2)CN1N=C(Cc1ccnc2ccccc12)c1ccccn1. The second kappa shape index (κ2) is 9.10. The second-order valence-electron chi connectivity index (χ2n) is 8.16. The highest BCUT2D eigenvalue weighted by molar-refractivity contribution is 6.02. The van der Waals surface area contributed by atoms with Crippen molar-refractivity contribution in [3.63, 3.8) is 0 Å². The normalized spacial score (nSPS) is 16.6. The highest BCUT2D eigenvalue weighted by atomic mass is 16.2. The van der Waals surface area contributed by atoms with E-state index < -0.39 is 0 Å². The molecule has 1 aliphatic heterocycles. The van der Waals surface area contributed by atoms with Crippen molar-refractivity contribution in [1.82, 2.24) is 15.0 Å². The highest BCUT2D eigenvalue weighted by Gasteiger charge is 2.30. The predicted molar refractivity (Wildman–Crippen MR) is 126 cm³/mol. The fourth-order valence-corrected chi connectivity index (χ4v) is 4.29. The Hall–Kier alpha value is -3.86. The Balaban J connectivity index is 1.44. The zero-order valence-electron chi connectivity index (χ0n) is 17.8. The van der Waals surface area contributed by atoms with Crippen molar-refractivity contribution in [2.24, 2.45) is 11.0 Å². The number of pyridine rings is 2. The first-order valence-corrected chi connectivity index (χ1v) is 10.9. The Bertz CT molecular complexity index is 1250. The largest absolute Gasteiger partial charge is 0.273 e. The number of para-hydroxylation sites is 1. The second-order valence-corrected chi connectivity index (χ2v) is 8.16. The van der Waals surface area contributed by atoms with E-state index in [1.54, 1.807) is 11.2 Å². The summed E-state index contributed by atoms with van der Waals surface area (Å²) in [5.74, 6) is 0.333. The number of aromatic nitrogens is 2. The minimum absolute atomic E-state index is 0.0685. The van der Waals surface area contributed by atoms with Crippen LogP contribution in [-0.2, 0) is 17.6 Å². The van der Waals surface area contributed by atoms with Crippen LogP contribution < -0.4 is 0 Å². The monoisotopic (exact) mass is 420 g/mol. The number of amides is 1. The topological polar surface area (TPSA) is 58.5 Å². The fourth-order valence-electron chi connectivity index (χ4n) is 4.29. The summed E-state index contributed by atoms with van der Waals surface area (Å²) < 4.78 is 0. The van der Waals surface area contributed by atoms with E-state index in [-0.39, 0.29) is 11.8 Å². The maximum atomic E-state index is 12.8. The van der Waals surface area contributed by atoms with Gasteiger partial charge in [0.2, 0.25) is 5.91 Å². The molecule has 0 saturated carbocycles. The minimum Gasteiger partial charge on any atom is -0.273 e. The van der Waals surface area contributed by atoms with Gasteiger partial charge in [0.15, 0.2) is 0 Å². The molecule has 1 fully saturated rings. The lowest BCUT2D eigenvalue weighted by Gasteiger charge is -2.15. The van der Waals surface area contributed by atoms with Crippen LogP contribution >= 0.6 is 0 Å². The van der Waals surface area contributed by atoms with Crippen LogP contribution in [0.1, 0.15) is 23.2 Å². The molecule has 1 aliphatic rings. The molecule has 158 valence electrons. The van der Waals surface area contributed by atoms with Crippen molar-refractivity contribution in [2.75, 3.05) is 6.54 Å². The van der Waals surface area contributed by atoms with Gasteiger partial charge in [0.1, 0.15) is 0 Å². The average Bonchev–Trinajstić information content (AvgIpc) is 3.18. The lowest BCUT2D eigenvalue weighted by Crippen LogP contribution is -2.23. The van der Waals surface area contributed by atoms with Crippen LogP contribution in [0.4, 0.5) is 0 Å². The van der Waals surface area contributed by atoms with Crippen LogP contribution in [0.5, 0.6) is 0 Å². The highest BCUT2D eigenvalue weighted by Crippen LogP contribution is 2.24. The van der Waals surface area contributed by atoms with Crippen LogP contribution in [-0.4, -0.2) is 33.1 Å². The summed E-state index contributed by atoms with van der Waals surface area (Å²) >= 11 is 0. The van der Waals surface area contributed by atoms with Gasteiger partial charge in [-0.1, -0.05) is 54.6 Å². The van der Waals surface area contributed by atoms with Gasteiger partial charge in [-0.25, -0.2) is 5.01 Å². The molecular formula is C27H24N4O. The van der Waals surface area contributed by atoms with Crippen molar-refractivity contribution in [1.29, 1.82) is 0 Å². The molecule has 2 aromatic heterocycles. The van der Waals surface area contributed by atoms with E-state index >= 15 is 0 Å². The minimum atomic E-state index is 0.0685. The smallest absolute Gasteiger partial charge is 0.243 e. The number of rotatable bonds is 6. The molecule has 0 aliphatic carbocycles. The van der Waals surface area contributed by atoms with E-state index in [0.29, 0.717) is 19.4 Å². The molecule has 1 atom stereocenters. The summed E-state index contributed by atoms with van der Waals surface area (Å²) in [5.41, 5.74) is 4.89. The van der Waals surface area contributed by atoms with Crippen LogP contribution in [0.25, 0.3) is 10.9 Å². The standard InChI is InChI=1S/C27H24N4O/c32-27-17-21(16-20-8-2-1-3-9-20)19-31(27)30-26(25-12-6-7-14-28-25)18-22-13-15-29-24-11-5-4-10-23(22)24/h1-15,21H,16-19H2. The number of hydrogen-bond acceptors (Lipinski definition) is 4. The molecule has 0 radical (unpaired) electrons. The van der Waals surface area contributed by atoms with E-state index in [1.807, 2.05) is 66.9 Å². The van der Waals surface area contributed by atoms with Crippen molar-refractivity contribution >= 4 is 22.5 Å². The van der Waals surface area contributed by atoms with E-state index in [9.17, 15) is 4.79 Å².